The van der Waals surface area contributed by atoms with Crippen LogP contribution in [-0.2, 0) is 4.74 Å². The molecule has 0 saturated carbocycles. The van der Waals surface area contributed by atoms with Crippen LogP contribution in [-0.4, -0.2) is 69.0 Å². The van der Waals surface area contributed by atoms with Gasteiger partial charge < -0.3 is 44.8 Å². The Morgan fingerprint density at radius 3 is 2.45 bits per heavy atom. The second kappa shape index (κ2) is 8.08. The SMILES string of the molecule is COc1cc(-c2[o+]c3cc(O)cc(O)c3cc2OC2OCC(O)C(O)C2O)ccc1O. The van der Waals surface area contributed by atoms with Crippen molar-refractivity contribution in [1.82, 2.24) is 0 Å². The Balaban J connectivity index is 1.85. The lowest BCUT2D eigenvalue weighted by molar-refractivity contribution is -0.242. The van der Waals surface area contributed by atoms with Crippen LogP contribution >= 0.6 is 0 Å². The van der Waals surface area contributed by atoms with Gasteiger partial charge in [-0.1, -0.05) is 0 Å². The Hall–Kier alpha value is -3.31. The molecule has 31 heavy (non-hydrogen) atoms. The molecule has 10 nitrogen and oxygen atoms in total. The highest BCUT2D eigenvalue weighted by molar-refractivity contribution is 5.88. The summed E-state index contributed by atoms with van der Waals surface area (Å²) in [6.45, 7) is -0.269. The highest BCUT2D eigenvalue weighted by Gasteiger charge is 2.40. The zero-order valence-electron chi connectivity index (χ0n) is 16.3. The summed E-state index contributed by atoms with van der Waals surface area (Å²) in [5.74, 6) is -0.321. The first-order valence-electron chi connectivity index (χ1n) is 9.31. The smallest absolute Gasteiger partial charge is 0.402 e. The summed E-state index contributed by atoms with van der Waals surface area (Å²) in [7, 11) is 1.38. The highest BCUT2D eigenvalue weighted by atomic mass is 16.7. The molecule has 2 aromatic carbocycles. The molecule has 0 bridgehead atoms. The number of fused-ring (bicyclic) bond motifs is 1. The van der Waals surface area contributed by atoms with Crippen LogP contribution < -0.4 is 9.47 Å². The van der Waals surface area contributed by atoms with E-state index in [1.807, 2.05) is 0 Å². The molecule has 6 N–H and O–H groups in total. The van der Waals surface area contributed by atoms with Crippen LogP contribution in [0.3, 0.4) is 0 Å². The fourth-order valence-corrected chi connectivity index (χ4v) is 3.30. The van der Waals surface area contributed by atoms with Crippen molar-refractivity contribution in [2.75, 3.05) is 13.7 Å². The number of phenolic OH excluding ortho intramolecular Hbond substituents is 3. The highest BCUT2D eigenvalue weighted by Crippen LogP contribution is 2.42. The van der Waals surface area contributed by atoms with E-state index >= 15 is 0 Å². The fourth-order valence-electron chi connectivity index (χ4n) is 3.30. The molecule has 3 aromatic rings. The average Bonchev–Trinajstić information content (AvgIpc) is 2.74. The van der Waals surface area contributed by atoms with Gasteiger partial charge >= 0.3 is 11.3 Å². The topological polar surface area (TPSA) is 160 Å². The van der Waals surface area contributed by atoms with Crippen molar-refractivity contribution < 1.29 is 49.3 Å². The molecule has 4 unspecified atom stereocenters. The molecule has 0 spiro atoms. The van der Waals surface area contributed by atoms with Gasteiger partial charge in [-0.25, -0.2) is 4.42 Å². The molecular formula is C21H21O10+. The van der Waals surface area contributed by atoms with E-state index < -0.39 is 24.6 Å². The monoisotopic (exact) mass is 433 g/mol. The van der Waals surface area contributed by atoms with Gasteiger partial charge in [0, 0.05) is 18.2 Å². The van der Waals surface area contributed by atoms with Crippen molar-refractivity contribution in [1.29, 1.82) is 0 Å². The number of phenols is 3. The molecule has 0 aliphatic carbocycles. The lowest BCUT2D eigenvalue weighted by Gasteiger charge is -2.34. The van der Waals surface area contributed by atoms with Gasteiger partial charge in [0.05, 0.1) is 25.3 Å². The Kier molecular flexibility index (Phi) is 5.46. The standard InChI is InChI=1S/C21H20O10/c1-28-16-4-9(2-3-12(16)23)20-17(31-21-19(27)18(26)14(25)8-29-21)7-11-13(24)5-10(22)6-15(11)30-20/h2-7,14,18-19,21,25-27H,8H2,1H3,(H2-,22,23,24)/p+1. The lowest BCUT2D eigenvalue weighted by atomic mass is 10.1. The number of aromatic hydroxyl groups is 3. The van der Waals surface area contributed by atoms with Crippen LogP contribution in [0, 0.1) is 0 Å². The van der Waals surface area contributed by atoms with Crippen molar-refractivity contribution in [3.8, 4) is 40.1 Å². The first-order chi connectivity index (χ1) is 14.8. The minimum atomic E-state index is -1.56. The molecule has 0 amide bonds. The molecule has 0 radical (unpaired) electrons. The van der Waals surface area contributed by atoms with Crippen LogP contribution in [0.1, 0.15) is 0 Å². The van der Waals surface area contributed by atoms with Crippen LogP contribution in [0.5, 0.6) is 28.7 Å². The van der Waals surface area contributed by atoms with Gasteiger partial charge in [-0.15, -0.1) is 0 Å². The maximum absolute atomic E-state index is 10.2. The van der Waals surface area contributed by atoms with Gasteiger partial charge in [-0.3, -0.25) is 0 Å². The van der Waals surface area contributed by atoms with Crippen molar-refractivity contribution in [3.05, 3.63) is 36.4 Å². The maximum Gasteiger partial charge on any atom is 0.402 e. The van der Waals surface area contributed by atoms with Gasteiger partial charge in [0.25, 0.3) is 0 Å². The van der Waals surface area contributed by atoms with Gasteiger partial charge in [-0.2, -0.15) is 0 Å². The normalized spacial score (nSPS) is 23.6. The molecule has 1 fully saturated rings. The first kappa shape index (κ1) is 20.9. The summed E-state index contributed by atoms with van der Waals surface area (Å²) in [5.41, 5.74) is 0.535. The van der Waals surface area contributed by atoms with Gasteiger partial charge in [0.15, 0.2) is 11.5 Å². The maximum atomic E-state index is 10.2. The first-order valence-corrected chi connectivity index (χ1v) is 9.31. The van der Waals surface area contributed by atoms with E-state index in [1.165, 1.54) is 37.4 Å². The lowest BCUT2D eigenvalue weighted by Crippen LogP contribution is -2.54. The third-order valence-electron chi connectivity index (χ3n) is 4.96. The molecule has 1 aliphatic heterocycles. The molecule has 4 rings (SSSR count). The summed E-state index contributed by atoms with van der Waals surface area (Å²) in [6.07, 6.45) is -5.67. The predicted octanol–water partition coefficient (Wildman–Crippen LogP) is 1.32. The Bertz CT molecular complexity index is 1120. The van der Waals surface area contributed by atoms with E-state index in [1.54, 1.807) is 0 Å². The van der Waals surface area contributed by atoms with Gasteiger partial charge in [0.1, 0.15) is 35.2 Å². The zero-order chi connectivity index (χ0) is 22.3. The molecular weight excluding hydrogens is 412 g/mol. The Labute approximate surface area is 175 Å². The molecule has 1 saturated heterocycles. The van der Waals surface area contributed by atoms with E-state index in [0.717, 1.165) is 6.07 Å². The number of ether oxygens (including phenoxy) is 3. The summed E-state index contributed by atoms with van der Waals surface area (Å²) in [5, 5.41) is 59.9. The molecule has 4 atom stereocenters. The number of benzene rings is 2. The van der Waals surface area contributed by atoms with Crippen LogP contribution in [0.2, 0.25) is 0 Å². The average molecular weight is 433 g/mol. The van der Waals surface area contributed by atoms with Crippen molar-refractivity contribution in [3.63, 3.8) is 0 Å². The van der Waals surface area contributed by atoms with E-state index in [2.05, 4.69) is 0 Å². The Morgan fingerprint density at radius 1 is 0.935 bits per heavy atom. The Morgan fingerprint density at radius 2 is 1.71 bits per heavy atom. The van der Waals surface area contributed by atoms with Gasteiger partial charge in [0.2, 0.25) is 12.0 Å². The summed E-state index contributed by atoms with van der Waals surface area (Å²) in [4.78, 5) is 0. The molecule has 2 heterocycles. The second-order valence-electron chi connectivity index (χ2n) is 7.07. The summed E-state index contributed by atoms with van der Waals surface area (Å²) in [6, 6.07) is 8.21. The number of hydrogen-bond acceptors (Lipinski definition) is 9. The van der Waals surface area contributed by atoms with Crippen molar-refractivity contribution in [2.45, 2.75) is 24.6 Å². The van der Waals surface area contributed by atoms with Gasteiger partial charge in [-0.05, 0) is 12.1 Å². The van der Waals surface area contributed by atoms with E-state index in [0.29, 0.717) is 5.56 Å². The quantitative estimate of drug-likeness (QED) is 0.331. The van der Waals surface area contributed by atoms with E-state index in [4.69, 9.17) is 18.6 Å². The van der Waals surface area contributed by atoms with E-state index in [9.17, 15) is 30.6 Å². The third kappa shape index (κ3) is 3.89. The van der Waals surface area contributed by atoms with Crippen molar-refractivity contribution in [2.24, 2.45) is 0 Å². The minimum Gasteiger partial charge on any atom is -0.507 e. The minimum absolute atomic E-state index is 0.0221. The van der Waals surface area contributed by atoms with Crippen LogP contribution in [0.25, 0.3) is 22.3 Å². The molecule has 164 valence electrons. The summed E-state index contributed by atoms with van der Waals surface area (Å²) >= 11 is 0. The molecule has 1 aromatic heterocycles. The van der Waals surface area contributed by atoms with E-state index in [-0.39, 0.29) is 52.1 Å². The largest absolute Gasteiger partial charge is 0.507 e. The zero-order valence-corrected chi connectivity index (χ0v) is 16.3. The summed E-state index contributed by atoms with van der Waals surface area (Å²) < 4.78 is 22.1. The number of aliphatic hydroxyl groups is 3. The number of hydrogen-bond donors (Lipinski definition) is 6. The number of aliphatic hydroxyl groups excluding tert-OH is 3. The van der Waals surface area contributed by atoms with Crippen molar-refractivity contribution >= 4 is 11.0 Å². The predicted molar refractivity (Wildman–Crippen MR) is 106 cm³/mol. The van der Waals surface area contributed by atoms with Crippen LogP contribution in [0.15, 0.2) is 40.8 Å². The molecule has 1 aliphatic rings. The molecule has 10 heteroatoms. The fraction of sp³-hybridized carbons (Fsp3) is 0.286. The third-order valence-corrected chi connectivity index (χ3v) is 4.96. The number of methoxy groups -OCH3 is 1. The van der Waals surface area contributed by atoms with Crippen LogP contribution in [0.4, 0.5) is 0 Å². The second-order valence-corrected chi connectivity index (χ2v) is 7.07. The number of rotatable bonds is 4.